The smallest absolute Gasteiger partial charge is 0.0521 e. The van der Waals surface area contributed by atoms with E-state index in [1.807, 2.05) is 36.2 Å². The van der Waals surface area contributed by atoms with Crippen LogP contribution < -0.4 is 0 Å². The van der Waals surface area contributed by atoms with Crippen molar-refractivity contribution in [3.05, 3.63) is 35.9 Å². The standard InChI is InChI=1S/C14H19NOS/c16-8-9-17-14-7-6-13(10-14)15-11-12-4-2-1-3-5-12/h1-5,11,13-14,16H,6-10H2. The lowest BCUT2D eigenvalue weighted by atomic mass is 10.2. The summed E-state index contributed by atoms with van der Waals surface area (Å²) in [4.78, 5) is 4.65. The third-order valence-corrected chi connectivity index (χ3v) is 4.35. The predicted octanol–water partition coefficient (Wildman–Crippen LogP) is 2.75. The van der Waals surface area contributed by atoms with Gasteiger partial charge < -0.3 is 5.11 Å². The highest BCUT2D eigenvalue weighted by molar-refractivity contribution is 7.99. The average Bonchev–Trinajstić information content (AvgIpc) is 2.83. The van der Waals surface area contributed by atoms with Gasteiger partial charge in [-0.1, -0.05) is 30.3 Å². The Hall–Kier alpha value is -0.800. The summed E-state index contributed by atoms with van der Waals surface area (Å²) in [6, 6.07) is 10.7. The largest absolute Gasteiger partial charge is 0.396 e. The highest BCUT2D eigenvalue weighted by Gasteiger charge is 2.23. The van der Waals surface area contributed by atoms with Gasteiger partial charge in [-0.05, 0) is 24.8 Å². The molecule has 1 fully saturated rings. The van der Waals surface area contributed by atoms with Gasteiger partial charge in [0.25, 0.3) is 0 Å². The fourth-order valence-corrected chi connectivity index (χ4v) is 3.25. The van der Waals surface area contributed by atoms with Gasteiger partial charge in [0, 0.05) is 17.2 Å². The second kappa shape index (κ2) is 6.82. The van der Waals surface area contributed by atoms with E-state index < -0.39 is 0 Å². The molecule has 3 heteroatoms. The Labute approximate surface area is 107 Å². The lowest BCUT2D eigenvalue weighted by Gasteiger charge is -2.07. The fraction of sp³-hybridized carbons (Fsp3) is 0.500. The van der Waals surface area contributed by atoms with E-state index in [1.54, 1.807) is 0 Å². The molecule has 2 unspecified atom stereocenters. The van der Waals surface area contributed by atoms with Crippen molar-refractivity contribution < 1.29 is 5.11 Å². The van der Waals surface area contributed by atoms with Gasteiger partial charge in [0.05, 0.1) is 12.6 Å². The summed E-state index contributed by atoms with van der Waals surface area (Å²) < 4.78 is 0. The lowest BCUT2D eigenvalue weighted by Crippen LogP contribution is -2.03. The van der Waals surface area contributed by atoms with E-state index in [4.69, 9.17) is 5.11 Å². The topological polar surface area (TPSA) is 32.6 Å². The van der Waals surface area contributed by atoms with Crippen molar-refractivity contribution in [3.63, 3.8) is 0 Å². The molecule has 0 bridgehead atoms. The minimum absolute atomic E-state index is 0.291. The summed E-state index contributed by atoms with van der Waals surface area (Å²) in [5.74, 6) is 0.861. The number of hydrogen-bond donors (Lipinski definition) is 1. The van der Waals surface area contributed by atoms with Crippen LogP contribution in [0.3, 0.4) is 0 Å². The van der Waals surface area contributed by atoms with Gasteiger partial charge in [-0.3, -0.25) is 4.99 Å². The molecule has 0 saturated heterocycles. The number of aliphatic imine (C=N–C) groups is 1. The molecule has 0 aliphatic heterocycles. The molecular weight excluding hydrogens is 230 g/mol. The van der Waals surface area contributed by atoms with Gasteiger partial charge in [0.2, 0.25) is 0 Å². The number of aliphatic hydroxyl groups is 1. The molecule has 0 spiro atoms. The number of aliphatic hydroxyl groups excluding tert-OH is 1. The van der Waals surface area contributed by atoms with Gasteiger partial charge in [0.15, 0.2) is 0 Å². The van der Waals surface area contributed by atoms with E-state index >= 15 is 0 Å². The first-order valence-electron chi connectivity index (χ1n) is 6.19. The molecule has 1 N–H and O–H groups in total. The fourth-order valence-electron chi connectivity index (χ4n) is 2.15. The molecule has 0 radical (unpaired) electrons. The first-order valence-corrected chi connectivity index (χ1v) is 7.24. The second-order valence-corrected chi connectivity index (χ2v) is 5.78. The molecule has 1 aliphatic carbocycles. The third-order valence-electron chi connectivity index (χ3n) is 3.04. The SMILES string of the molecule is OCCSC1CCC(N=Cc2ccccc2)C1. The molecule has 2 atom stereocenters. The summed E-state index contributed by atoms with van der Waals surface area (Å²) in [5.41, 5.74) is 1.18. The van der Waals surface area contributed by atoms with Crippen LogP contribution in [0, 0.1) is 0 Å². The molecule has 1 aromatic rings. The highest BCUT2D eigenvalue weighted by Crippen LogP contribution is 2.31. The molecule has 0 aromatic heterocycles. The second-order valence-electron chi connectivity index (χ2n) is 4.37. The van der Waals surface area contributed by atoms with Crippen LogP contribution in [0.15, 0.2) is 35.3 Å². The Morgan fingerprint density at radius 3 is 2.88 bits per heavy atom. The van der Waals surface area contributed by atoms with Crippen LogP contribution in [-0.4, -0.2) is 35.0 Å². The molecule has 17 heavy (non-hydrogen) atoms. The van der Waals surface area contributed by atoms with E-state index in [9.17, 15) is 0 Å². The maximum Gasteiger partial charge on any atom is 0.0521 e. The molecule has 0 heterocycles. The zero-order valence-corrected chi connectivity index (χ0v) is 10.8. The predicted molar refractivity (Wildman–Crippen MR) is 75.0 cm³/mol. The van der Waals surface area contributed by atoms with Crippen molar-refractivity contribution in [2.24, 2.45) is 4.99 Å². The van der Waals surface area contributed by atoms with E-state index in [0.717, 1.165) is 12.2 Å². The molecule has 1 aromatic carbocycles. The summed E-state index contributed by atoms with van der Waals surface area (Å²) in [6.07, 6.45) is 5.58. The Balaban J connectivity index is 1.79. The van der Waals surface area contributed by atoms with Crippen LogP contribution in [-0.2, 0) is 0 Å². The number of rotatable bonds is 5. The number of nitrogens with zero attached hydrogens (tertiary/aromatic N) is 1. The summed E-state index contributed by atoms with van der Waals surface area (Å²) >= 11 is 1.89. The summed E-state index contributed by atoms with van der Waals surface area (Å²) in [6.45, 7) is 0.291. The Morgan fingerprint density at radius 1 is 1.29 bits per heavy atom. The van der Waals surface area contributed by atoms with Crippen LogP contribution in [0.4, 0.5) is 0 Å². The van der Waals surface area contributed by atoms with E-state index in [2.05, 4.69) is 17.1 Å². The first-order chi connectivity index (χ1) is 8.38. The molecule has 2 rings (SSSR count). The van der Waals surface area contributed by atoms with Gasteiger partial charge in [0.1, 0.15) is 0 Å². The molecule has 2 nitrogen and oxygen atoms in total. The minimum Gasteiger partial charge on any atom is -0.396 e. The maximum absolute atomic E-state index is 8.79. The van der Waals surface area contributed by atoms with Crippen molar-refractivity contribution in [3.8, 4) is 0 Å². The molecule has 1 aliphatic rings. The normalized spacial score (nSPS) is 24.5. The monoisotopic (exact) mass is 249 g/mol. The zero-order valence-electron chi connectivity index (χ0n) is 9.96. The van der Waals surface area contributed by atoms with Crippen molar-refractivity contribution in [1.29, 1.82) is 0 Å². The zero-order chi connectivity index (χ0) is 11.9. The first kappa shape index (κ1) is 12.7. The Kier molecular flexibility index (Phi) is 5.08. The molecule has 1 saturated carbocycles. The third kappa shape index (κ3) is 4.17. The molecular formula is C14H19NOS. The van der Waals surface area contributed by atoms with Gasteiger partial charge in [-0.25, -0.2) is 0 Å². The Bertz CT molecular complexity index is 352. The van der Waals surface area contributed by atoms with Gasteiger partial charge in [-0.15, -0.1) is 0 Å². The number of hydrogen-bond acceptors (Lipinski definition) is 3. The summed E-state index contributed by atoms with van der Waals surface area (Å²) in [7, 11) is 0. The van der Waals surface area contributed by atoms with Crippen LogP contribution in [0.2, 0.25) is 0 Å². The van der Waals surface area contributed by atoms with Crippen LogP contribution in [0.5, 0.6) is 0 Å². The number of benzene rings is 1. The number of thioether (sulfide) groups is 1. The lowest BCUT2D eigenvalue weighted by molar-refractivity contribution is 0.322. The minimum atomic E-state index is 0.291. The van der Waals surface area contributed by atoms with Crippen LogP contribution >= 0.6 is 11.8 Å². The van der Waals surface area contributed by atoms with Crippen LogP contribution in [0.1, 0.15) is 24.8 Å². The van der Waals surface area contributed by atoms with Crippen molar-refractivity contribution in [2.75, 3.05) is 12.4 Å². The van der Waals surface area contributed by atoms with E-state index in [0.29, 0.717) is 17.9 Å². The highest BCUT2D eigenvalue weighted by atomic mass is 32.2. The van der Waals surface area contributed by atoms with Crippen molar-refractivity contribution >= 4 is 18.0 Å². The Morgan fingerprint density at radius 2 is 2.12 bits per heavy atom. The molecule has 0 amide bonds. The van der Waals surface area contributed by atoms with Crippen molar-refractivity contribution in [2.45, 2.75) is 30.6 Å². The molecule has 92 valence electrons. The average molecular weight is 249 g/mol. The quantitative estimate of drug-likeness (QED) is 0.814. The maximum atomic E-state index is 8.79. The van der Waals surface area contributed by atoms with E-state index in [-0.39, 0.29) is 0 Å². The van der Waals surface area contributed by atoms with Crippen LogP contribution in [0.25, 0.3) is 0 Å². The van der Waals surface area contributed by atoms with Gasteiger partial charge in [-0.2, -0.15) is 11.8 Å². The van der Waals surface area contributed by atoms with Crippen molar-refractivity contribution in [1.82, 2.24) is 0 Å². The van der Waals surface area contributed by atoms with Gasteiger partial charge >= 0.3 is 0 Å². The summed E-state index contributed by atoms with van der Waals surface area (Å²) in [5, 5.41) is 9.49. The van der Waals surface area contributed by atoms with E-state index in [1.165, 1.54) is 18.4 Å².